The first-order valence-electron chi connectivity index (χ1n) is 9.79. The molecule has 32 heavy (non-hydrogen) atoms. The van der Waals surface area contributed by atoms with E-state index in [1.54, 1.807) is 24.3 Å². The van der Waals surface area contributed by atoms with Gasteiger partial charge in [0.05, 0.1) is 29.3 Å². The molecule has 0 bridgehead atoms. The normalized spacial score (nSPS) is 17.6. The van der Waals surface area contributed by atoms with Crippen LogP contribution >= 0.6 is 23.2 Å². The van der Waals surface area contributed by atoms with E-state index >= 15 is 0 Å². The molecule has 1 unspecified atom stereocenters. The van der Waals surface area contributed by atoms with Crippen molar-refractivity contribution in [3.05, 3.63) is 99.0 Å². The molecular formula is C25H19Cl2NO4. The fourth-order valence-corrected chi connectivity index (χ4v) is 4.50. The summed E-state index contributed by atoms with van der Waals surface area (Å²) < 4.78 is 5.35. The third kappa shape index (κ3) is 3.74. The van der Waals surface area contributed by atoms with Gasteiger partial charge in [-0.15, -0.1) is 0 Å². The van der Waals surface area contributed by atoms with Gasteiger partial charge in [0.1, 0.15) is 11.5 Å². The molecule has 0 radical (unpaired) electrons. The van der Waals surface area contributed by atoms with Gasteiger partial charge >= 0.3 is 0 Å². The lowest BCUT2D eigenvalue weighted by molar-refractivity contribution is -0.132. The van der Waals surface area contributed by atoms with Gasteiger partial charge in [-0.25, -0.2) is 0 Å². The van der Waals surface area contributed by atoms with Gasteiger partial charge in [-0.05, 0) is 36.8 Å². The van der Waals surface area contributed by atoms with Crippen molar-refractivity contribution in [2.24, 2.45) is 0 Å². The Morgan fingerprint density at radius 2 is 1.72 bits per heavy atom. The number of carbonyl (C=O) groups excluding carboxylic acids is 2. The molecule has 5 nitrogen and oxygen atoms in total. The van der Waals surface area contributed by atoms with E-state index in [4.69, 9.17) is 27.9 Å². The first-order chi connectivity index (χ1) is 15.3. The molecule has 1 fully saturated rings. The number of aliphatic hydroxyl groups excluding tert-OH is 1. The third-order valence-electron chi connectivity index (χ3n) is 5.30. The van der Waals surface area contributed by atoms with Gasteiger partial charge in [0, 0.05) is 10.7 Å². The summed E-state index contributed by atoms with van der Waals surface area (Å²) in [6, 6.07) is 18.4. The second kappa shape index (κ2) is 8.69. The zero-order valence-corrected chi connectivity index (χ0v) is 18.8. The molecule has 0 spiro atoms. The highest BCUT2D eigenvalue weighted by Gasteiger charge is 2.47. The van der Waals surface area contributed by atoms with Gasteiger partial charge < -0.3 is 9.84 Å². The Morgan fingerprint density at radius 3 is 2.38 bits per heavy atom. The molecule has 1 amide bonds. The number of amides is 1. The highest BCUT2D eigenvalue weighted by molar-refractivity contribution is 6.51. The standard InChI is InChI=1S/C25H19Cl2NO4/c1-14-7-6-8-15(11-14)21-20(22(29)18-12-16(26)13-19(27)24(18)32-2)23(30)25(31)28(21)17-9-4-3-5-10-17/h3-13,21,29H,1-2H3/b22-20+. The Hall–Kier alpha value is -3.28. The smallest absolute Gasteiger partial charge is 0.300 e. The van der Waals surface area contributed by atoms with Crippen LogP contribution < -0.4 is 9.64 Å². The average Bonchev–Trinajstić information content (AvgIpc) is 3.04. The topological polar surface area (TPSA) is 66.8 Å². The minimum absolute atomic E-state index is 0.0684. The molecule has 1 heterocycles. The molecule has 0 aliphatic carbocycles. The number of aryl methyl sites for hydroxylation is 1. The number of nitrogens with zero attached hydrogens (tertiary/aromatic N) is 1. The molecule has 4 rings (SSSR count). The predicted molar refractivity (Wildman–Crippen MR) is 125 cm³/mol. The van der Waals surface area contributed by atoms with Crippen LogP contribution in [0.3, 0.4) is 0 Å². The third-order valence-corrected chi connectivity index (χ3v) is 5.80. The highest BCUT2D eigenvalue weighted by atomic mass is 35.5. The summed E-state index contributed by atoms with van der Waals surface area (Å²) in [6.45, 7) is 1.91. The Labute approximate surface area is 195 Å². The molecule has 1 atom stereocenters. The maximum absolute atomic E-state index is 13.2. The van der Waals surface area contributed by atoms with Crippen LogP contribution in [-0.2, 0) is 9.59 Å². The minimum atomic E-state index is -0.847. The van der Waals surface area contributed by atoms with Crippen molar-refractivity contribution in [3.63, 3.8) is 0 Å². The summed E-state index contributed by atoms with van der Waals surface area (Å²) in [5.41, 5.74) is 2.23. The number of benzene rings is 3. The average molecular weight is 468 g/mol. The minimum Gasteiger partial charge on any atom is -0.507 e. The summed E-state index contributed by atoms with van der Waals surface area (Å²) >= 11 is 12.4. The lowest BCUT2D eigenvalue weighted by Gasteiger charge is -2.26. The van der Waals surface area contributed by atoms with Gasteiger partial charge in [0.25, 0.3) is 11.7 Å². The van der Waals surface area contributed by atoms with Gasteiger partial charge in [-0.1, -0.05) is 71.2 Å². The summed E-state index contributed by atoms with van der Waals surface area (Å²) in [5, 5.41) is 11.7. The van der Waals surface area contributed by atoms with Crippen molar-refractivity contribution < 1.29 is 19.4 Å². The Bertz CT molecular complexity index is 1250. The largest absolute Gasteiger partial charge is 0.507 e. The second-order valence-electron chi connectivity index (χ2n) is 7.39. The number of aliphatic hydroxyl groups is 1. The maximum atomic E-state index is 13.2. The number of rotatable bonds is 4. The summed E-state index contributed by atoms with van der Waals surface area (Å²) in [4.78, 5) is 27.8. The first kappa shape index (κ1) is 21.9. The van der Waals surface area contributed by atoms with Gasteiger partial charge in [0.15, 0.2) is 0 Å². The number of halogens is 2. The second-order valence-corrected chi connectivity index (χ2v) is 8.23. The van der Waals surface area contributed by atoms with E-state index in [0.717, 1.165) is 5.56 Å². The molecule has 3 aromatic carbocycles. The van der Waals surface area contributed by atoms with E-state index in [0.29, 0.717) is 11.3 Å². The SMILES string of the molecule is COc1c(Cl)cc(Cl)cc1/C(O)=C1\C(=O)C(=O)N(c2ccccc2)C1c1cccc(C)c1. The van der Waals surface area contributed by atoms with E-state index < -0.39 is 23.5 Å². The molecule has 3 aromatic rings. The van der Waals surface area contributed by atoms with Crippen LogP contribution in [0.4, 0.5) is 5.69 Å². The van der Waals surface area contributed by atoms with Crippen LogP contribution in [0.5, 0.6) is 5.75 Å². The van der Waals surface area contributed by atoms with Crippen LogP contribution in [-0.4, -0.2) is 23.9 Å². The number of hydrogen-bond acceptors (Lipinski definition) is 4. The molecule has 1 aliphatic rings. The fraction of sp³-hybridized carbons (Fsp3) is 0.120. The van der Waals surface area contributed by atoms with Gasteiger partial charge in [-0.3, -0.25) is 14.5 Å². The van der Waals surface area contributed by atoms with Crippen LogP contribution in [0.2, 0.25) is 10.0 Å². The molecule has 1 saturated heterocycles. The van der Waals surface area contributed by atoms with Crippen LogP contribution in [0.1, 0.15) is 22.7 Å². The van der Waals surface area contributed by atoms with Crippen LogP contribution in [0.25, 0.3) is 5.76 Å². The van der Waals surface area contributed by atoms with Crippen molar-refractivity contribution in [2.75, 3.05) is 12.0 Å². The number of ketones is 1. The molecular weight excluding hydrogens is 449 g/mol. The Balaban J connectivity index is 2.02. The lowest BCUT2D eigenvalue weighted by atomic mass is 9.94. The number of ether oxygens (including phenoxy) is 1. The van der Waals surface area contributed by atoms with Crippen LogP contribution in [0, 0.1) is 6.92 Å². The molecule has 0 saturated carbocycles. The fourth-order valence-electron chi connectivity index (χ4n) is 3.93. The quantitative estimate of drug-likeness (QED) is 0.293. The maximum Gasteiger partial charge on any atom is 0.300 e. The number of anilines is 1. The molecule has 7 heteroatoms. The molecule has 0 aromatic heterocycles. The van der Waals surface area contributed by atoms with Crippen molar-refractivity contribution in [1.82, 2.24) is 0 Å². The van der Waals surface area contributed by atoms with Gasteiger partial charge in [0.2, 0.25) is 0 Å². The molecule has 162 valence electrons. The van der Waals surface area contributed by atoms with Crippen molar-refractivity contribution in [2.45, 2.75) is 13.0 Å². The Kier molecular flexibility index (Phi) is 5.96. The van der Waals surface area contributed by atoms with Crippen molar-refractivity contribution in [3.8, 4) is 5.75 Å². The van der Waals surface area contributed by atoms with E-state index in [1.807, 2.05) is 37.3 Å². The Morgan fingerprint density at radius 1 is 1.00 bits per heavy atom. The highest BCUT2D eigenvalue weighted by Crippen LogP contribution is 2.44. The summed E-state index contributed by atoms with van der Waals surface area (Å²) in [7, 11) is 1.40. The molecule has 1 N–H and O–H groups in total. The number of hydrogen-bond donors (Lipinski definition) is 1. The number of para-hydroxylation sites is 1. The van der Waals surface area contributed by atoms with Crippen LogP contribution in [0.15, 0.2) is 72.3 Å². The zero-order chi connectivity index (χ0) is 23.0. The molecule has 1 aliphatic heterocycles. The first-order valence-corrected chi connectivity index (χ1v) is 10.5. The lowest BCUT2D eigenvalue weighted by Crippen LogP contribution is -2.29. The van der Waals surface area contributed by atoms with E-state index in [-0.39, 0.29) is 26.9 Å². The van der Waals surface area contributed by atoms with Gasteiger partial charge in [-0.2, -0.15) is 0 Å². The van der Waals surface area contributed by atoms with Crippen molar-refractivity contribution >= 4 is 46.3 Å². The summed E-state index contributed by atoms with van der Waals surface area (Å²) in [6.07, 6.45) is 0. The van der Waals surface area contributed by atoms with Crippen molar-refractivity contribution in [1.29, 1.82) is 0 Å². The predicted octanol–water partition coefficient (Wildman–Crippen LogP) is 5.94. The van der Waals surface area contributed by atoms with E-state index in [9.17, 15) is 14.7 Å². The summed E-state index contributed by atoms with van der Waals surface area (Å²) in [5.74, 6) is -1.80. The monoisotopic (exact) mass is 467 g/mol. The van der Waals surface area contributed by atoms with E-state index in [2.05, 4.69) is 0 Å². The zero-order valence-electron chi connectivity index (χ0n) is 17.3. The number of Topliss-reactive ketones (excluding diaryl/α,β-unsaturated/α-hetero) is 1. The van der Waals surface area contributed by atoms with E-state index in [1.165, 1.54) is 24.1 Å². The number of methoxy groups -OCH3 is 1. The number of carbonyl (C=O) groups is 2.